The minimum Gasteiger partial charge on any atom is -0.0616 e. The molecule has 11 aromatic carbocycles. The molecule has 0 heteroatoms. The van der Waals surface area contributed by atoms with Crippen molar-refractivity contribution in [3.8, 4) is 33.4 Å². The van der Waals surface area contributed by atoms with Gasteiger partial charge in [-0.3, -0.25) is 0 Å². The Hall–Kier alpha value is -6.76. The summed E-state index contributed by atoms with van der Waals surface area (Å²) in [6.07, 6.45) is 0. The molecule has 240 valence electrons. The van der Waals surface area contributed by atoms with Crippen LogP contribution in [0.25, 0.3) is 109 Å². The molecule has 0 aliphatic rings. The summed E-state index contributed by atoms with van der Waals surface area (Å²) in [5, 5.41) is 17.8. The Kier molecular flexibility index (Phi) is 6.35. The maximum Gasteiger partial charge on any atom is -0.00199 e. The fraction of sp³-hybridized carbons (Fsp3) is 0. The van der Waals surface area contributed by atoms with Gasteiger partial charge in [-0.1, -0.05) is 176 Å². The molecule has 0 nitrogen and oxygen atoms in total. The van der Waals surface area contributed by atoms with Gasteiger partial charge in [0.1, 0.15) is 0 Å². The summed E-state index contributed by atoms with van der Waals surface area (Å²) < 4.78 is 0. The second-order valence-electron chi connectivity index (χ2n) is 14.0. The summed E-state index contributed by atoms with van der Waals surface area (Å²) in [4.78, 5) is 0. The average molecular weight is 657 g/mol. The number of hydrogen-bond donors (Lipinski definition) is 0. The van der Waals surface area contributed by atoms with Gasteiger partial charge in [-0.15, -0.1) is 0 Å². The molecular weight excluding hydrogens is 625 g/mol. The maximum absolute atomic E-state index is 2.39. The summed E-state index contributed by atoms with van der Waals surface area (Å²) in [5.74, 6) is 0. The molecule has 0 unspecified atom stereocenters. The van der Waals surface area contributed by atoms with E-state index in [-0.39, 0.29) is 0 Å². The van der Waals surface area contributed by atoms with Crippen LogP contribution in [0.5, 0.6) is 0 Å². The summed E-state index contributed by atoms with van der Waals surface area (Å²) in [7, 11) is 0. The van der Waals surface area contributed by atoms with Gasteiger partial charge in [0.25, 0.3) is 0 Å². The molecule has 0 heterocycles. The van der Waals surface area contributed by atoms with Gasteiger partial charge in [0.2, 0.25) is 0 Å². The van der Waals surface area contributed by atoms with Gasteiger partial charge in [0.15, 0.2) is 0 Å². The predicted molar refractivity (Wildman–Crippen MR) is 225 cm³/mol. The molecule has 11 rings (SSSR count). The molecule has 0 aromatic heterocycles. The Bertz CT molecular complexity index is 3180. The van der Waals surface area contributed by atoms with Gasteiger partial charge in [0, 0.05) is 0 Å². The van der Waals surface area contributed by atoms with Crippen molar-refractivity contribution in [3.63, 3.8) is 0 Å². The van der Waals surface area contributed by atoms with Crippen molar-refractivity contribution >= 4 is 75.4 Å². The van der Waals surface area contributed by atoms with E-state index in [0.29, 0.717) is 0 Å². The maximum atomic E-state index is 2.39. The van der Waals surface area contributed by atoms with E-state index >= 15 is 0 Å². The van der Waals surface area contributed by atoms with E-state index < -0.39 is 0 Å². The van der Waals surface area contributed by atoms with Crippen LogP contribution >= 0.6 is 0 Å². The van der Waals surface area contributed by atoms with Gasteiger partial charge in [-0.2, -0.15) is 0 Å². The molecule has 0 spiro atoms. The molecule has 0 N–H and O–H groups in total. The van der Waals surface area contributed by atoms with Crippen molar-refractivity contribution in [2.24, 2.45) is 0 Å². The van der Waals surface area contributed by atoms with Crippen molar-refractivity contribution in [3.05, 3.63) is 194 Å². The van der Waals surface area contributed by atoms with Crippen LogP contribution < -0.4 is 0 Å². The summed E-state index contributed by atoms with van der Waals surface area (Å²) >= 11 is 0. The largest absolute Gasteiger partial charge is 0.0616 e. The third-order valence-corrected chi connectivity index (χ3v) is 11.2. The molecule has 52 heavy (non-hydrogen) atoms. The highest BCUT2D eigenvalue weighted by Gasteiger charge is 2.19. The second-order valence-corrected chi connectivity index (χ2v) is 14.0. The van der Waals surface area contributed by atoms with Gasteiger partial charge in [-0.05, 0) is 127 Å². The minimum absolute atomic E-state index is 1.23. The van der Waals surface area contributed by atoms with Crippen LogP contribution in [0, 0.1) is 0 Å². The lowest BCUT2D eigenvalue weighted by Gasteiger charge is -2.19. The molecule has 0 atom stereocenters. The van der Waals surface area contributed by atoms with Gasteiger partial charge in [0.05, 0.1) is 0 Å². The molecule has 0 fully saturated rings. The second kappa shape index (κ2) is 11.4. The Morgan fingerprint density at radius 1 is 0.212 bits per heavy atom. The van der Waals surface area contributed by atoms with Crippen LogP contribution in [0.15, 0.2) is 194 Å². The van der Waals surface area contributed by atoms with Gasteiger partial charge in [-0.25, -0.2) is 0 Å². The molecular formula is C52H32. The van der Waals surface area contributed by atoms with Crippen LogP contribution in [0.1, 0.15) is 0 Å². The van der Waals surface area contributed by atoms with Crippen LogP contribution in [-0.4, -0.2) is 0 Å². The zero-order valence-electron chi connectivity index (χ0n) is 28.5. The Labute approximate surface area is 301 Å². The summed E-state index contributed by atoms with van der Waals surface area (Å²) in [5.41, 5.74) is 7.61. The van der Waals surface area contributed by atoms with E-state index in [4.69, 9.17) is 0 Å². The van der Waals surface area contributed by atoms with E-state index in [1.165, 1.54) is 109 Å². The van der Waals surface area contributed by atoms with E-state index in [2.05, 4.69) is 194 Å². The first-order valence-corrected chi connectivity index (χ1v) is 18.1. The highest BCUT2D eigenvalue weighted by molar-refractivity contribution is 6.26. The molecule has 0 aliphatic carbocycles. The smallest absolute Gasteiger partial charge is 0.00199 e. The van der Waals surface area contributed by atoms with E-state index in [0.717, 1.165) is 0 Å². The lowest BCUT2D eigenvalue weighted by molar-refractivity contribution is 1.67. The zero-order valence-corrected chi connectivity index (χ0v) is 28.5. The number of rotatable bonds is 3. The monoisotopic (exact) mass is 656 g/mol. The summed E-state index contributed by atoms with van der Waals surface area (Å²) in [6.45, 7) is 0. The van der Waals surface area contributed by atoms with Crippen molar-refractivity contribution < 1.29 is 0 Å². The molecule has 0 amide bonds. The highest BCUT2D eigenvalue weighted by atomic mass is 14.2. The fourth-order valence-corrected chi connectivity index (χ4v) is 8.86. The van der Waals surface area contributed by atoms with Crippen LogP contribution in [0.3, 0.4) is 0 Å². The molecule has 0 bridgehead atoms. The first-order chi connectivity index (χ1) is 25.8. The number of fused-ring (bicyclic) bond motifs is 9. The Balaban J connectivity index is 1.13. The van der Waals surface area contributed by atoms with E-state index in [1.807, 2.05) is 0 Å². The quantitative estimate of drug-likeness (QED) is 0.131. The topological polar surface area (TPSA) is 0 Å². The predicted octanol–water partition coefficient (Wildman–Crippen LogP) is 14.8. The Morgan fingerprint density at radius 3 is 1.40 bits per heavy atom. The molecule has 0 aliphatic heterocycles. The van der Waals surface area contributed by atoms with Crippen molar-refractivity contribution in [1.29, 1.82) is 0 Å². The zero-order chi connectivity index (χ0) is 34.2. The van der Waals surface area contributed by atoms with Crippen molar-refractivity contribution in [2.75, 3.05) is 0 Å². The first-order valence-electron chi connectivity index (χ1n) is 18.1. The SMILES string of the molecule is c1ccc2c(c1)cc(-c1ccc3cc(-c4c5ccccc5c(-c5cccc6ccc7ccccc7c56)c5ccccc45)ccc3c1)c1ccccc12. The summed E-state index contributed by atoms with van der Waals surface area (Å²) in [6, 6.07) is 71.9. The van der Waals surface area contributed by atoms with E-state index in [1.54, 1.807) is 0 Å². The average Bonchev–Trinajstić information content (AvgIpc) is 3.22. The standard InChI is InChI=1S/C52H32/c1-4-16-41-33(12-1)24-25-34-14-11-23-48(50(34)41)52-46-21-9-7-19-44(46)51(45-20-8-10-22-47(45)52)39-29-27-35-30-38(28-26-36(35)31-39)49-32-37-13-2-3-15-40(37)42-17-5-6-18-43(42)49/h1-32H. The normalized spacial score (nSPS) is 11.8. The third-order valence-electron chi connectivity index (χ3n) is 11.2. The molecule has 0 saturated carbocycles. The van der Waals surface area contributed by atoms with Crippen LogP contribution in [0.2, 0.25) is 0 Å². The molecule has 0 saturated heterocycles. The number of hydrogen-bond acceptors (Lipinski definition) is 0. The third kappa shape index (κ3) is 4.35. The van der Waals surface area contributed by atoms with Crippen molar-refractivity contribution in [1.82, 2.24) is 0 Å². The van der Waals surface area contributed by atoms with Crippen LogP contribution in [0.4, 0.5) is 0 Å². The van der Waals surface area contributed by atoms with Crippen LogP contribution in [-0.2, 0) is 0 Å². The van der Waals surface area contributed by atoms with E-state index in [9.17, 15) is 0 Å². The van der Waals surface area contributed by atoms with Gasteiger partial charge < -0.3 is 0 Å². The minimum atomic E-state index is 1.23. The molecule has 11 aromatic rings. The highest BCUT2D eigenvalue weighted by Crippen LogP contribution is 2.47. The lowest BCUT2D eigenvalue weighted by Crippen LogP contribution is -1.92. The Morgan fingerprint density at radius 2 is 0.692 bits per heavy atom. The lowest BCUT2D eigenvalue weighted by atomic mass is 9.83. The molecule has 0 radical (unpaired) electrons. The number of benzene rings is 11. The fourth-order valence-electron chi connectivity index (χ4n) is 8.86. The van der Waals surface area contributed by atoms with Gasteiger partial charge >= 0.3 is 0 Å². The first kappa shape index (κ1) is 29.0. The van der Waals surface area contributed by atoms with Crippen molar-refractivity contribution in [2.45, 2.75) is 0 Å².